The van der Waals surface area contributed by atoms with Gasteiger partial charge in [0.25, 0.3) is 0 Å². The highest BCUT2D eigenvalue weighted by Crippen LogP contribution is 2.17. The monoisotopic (exact) mass is 222 g/mol. The molecule has 0 radical (unpaired) electrons. The Hall–Kier alpha value is -0.510. The van der Waals surface area contributed by atoms with E-state index in [1.54, 1.807) is 0 Å². The van der Waals surface area contributed by atoms with Gasteiger partial charge in [-0.05, 0) is 18.6 Å². The second kappa shape index (κ2) is 5.01. The first kappa shape index (κ1) is 11.0. The van der Waals surface area contributed by atoms with E-state index in [9.17, 15) is 0 Å². The standard InChI is InChI=1S/C12H18N2S/c1-10-2-3-11(12(15)8-10)9-14-6-4-13-5-7-14/h2-3,8,13,15H,4-7,9H2,1H3. The number of rotatable bonds is 2. The maximum atomic E-state index is 4.52. The van der Waals surface area contributed by atoms with Crippen LogP contribution < -0.4 is 5.32 Å². The zero-order valence-electron chi connectivity index (χ0n) is 9.16. The van der Waals surface area contributed by atoms with E-state index in [1.807, 2.05) is 0 Å². The minimum atomic E-state index is 1.03. The summed E-state index contributed by atoms with van der Waals surface area (Å²) in [5.41, 5.74) is 2.62. The van der Waals surface area contributed by atoms with Crippen molar-refractivity contribution < 1.29 is 0 Å². The van der Waals surface area contributed by atoms with E-state index >= 15 is 0 Å². The smallest absolute Gasteiger partial charge is 0.0245 e. The Morgan fingerprint density at radius 2 is 2.07 bits per heavy atom. The van der Waals surface area contributed by atoms with E-state index in [1.165, 1.54) is 11.1 Å². The maximum Gasteiger partial charge on any atom is 0.0245 e. The Labute approximate surface area is 97.1 Å². The van der Waals surface area contributed by atoms with Crippen LogP contribution in [0.15, 0.2) is 23.1 Å². The number of aryl methyl sites for hydroxylation is 1. The molecule has 0 aromatic heterocycles. The van der Waals surface area contributed by atoms with Crippen molar-refractivity contribution >= 4 is 12.6 Å². The summed E-state index contributed by atoms with van der Waals surface area (Å²) >= 11 is 4.52. The van der Waals surface area contributed by atoms with Crippen molar-refractivity contribution in [3.05, 3.63) is 29.3 Å². The molecule has 0 amide bonds. The molecule has 0 bridgehead atoms. The minimum Gasteiger partial charge on any atom is -0.314 e. The van der Waals surface area contributed by atoms with Crippen LogP contribution in [-0.4, -0.2) is 31.1 Å². The van der Waals surface area contributed by atoms with Gasteiger partial charge in [0.2, 0.25) is 0 Å². The molecule has 15 heavy (non-hydrogen) atoms. The number of hydrogen-bond acceptors (Lipinski definition) is 3. The number of piperazine rings is 1. The third-order valence-corrected chi connectivity index (χ3v) is 3.26. The van der Waals surface area contributed by atoms with Gasteiger partial charge in [0.05, 0.1) is 0 Å². The van der Waals surface area contributed by atoms with E-state index in [0.717, 1.165) is 37.6 Å². The van der Waals surface area contributed by atoms with Gasteiger partial charge in [-0.15, -0.1) is 12.6 Å². The predicted molar refractivity (Wildman–Crippen MR) is 66.6 cm³/mol. The topological polar surface area (TPSA) is 15.3 Å². The lowest BCUT2D eigenvalue weighted by molar-refractivity contribution is 0.232. The molecular weight excluding hydrogens is 204 g/mol. The largest absolute Gasteiger partial charge is 0.314 e. The van der Waals surface area contributed by atoms with Gasteiger partial charge in [-0.1, -0.05) is 17.7 Å². The maximum absolute atomic E-state index is 4.52. The van der Waals surface area contributed by atoms with Gasteiger partial charge < -0.3 is 5.32 Å². The van der Waals surface area contributed by atoms with Crippen LogP contribution >= 0.6 is 12.6 Å². The Balaban J connectivity index is 2.03. The molecule has 1 fully saturated rings. The zero-order valence-corrected chi connectivity index (χ0v) is 10.1. The Morgan fingerprint density at radius 3 is 2.73 bits per heavy atom. The van der Waals surface area contributed by atoms with Crippen molar-refractivity contribution in [3.63, 3.8) is 0 Å². The van der Waals surface area contributed by atoms with Crippen molar-refractivity contribution in [3.8, 4) is 0 Å². The van der Waals surface area contributed by atoms with E-state index in [4.69, 9.17) is 0 Å². The molecule has 1 aliphatic heterocycles. The molecule has 0 unspecified atom stereocenters. The zero-order chi connectivity index (χ0) is 10.7. The lowest BCUT2D eigenvalue weighted by Gasteiger charge is -2.27. The fourth-order valence-corrected chi connectivity index (χ4v) is 2.27. The fourth-order valence-electron chi connectivity index (χ4n) is 1.92. The SMILES string of the molecule is Cc1ccc(CN2CCNCC2)c(S)c1. The van der Waals surface area contributed by atoms with Gasteiger partial charge in [0.1, 0.15) is 0 Å². The molecule has 3 heteroatoms. The number of thiol groups is 1. The van der Waals surface area contributed by atoms with Crippen LogP contribution in [0.4, 0.5) is 0 Å². The third kappa shape index (κ3) is 2.97. The van der Waals surface area contributed by atoms with Crippen molar-refractivity contribution in [2.24, 2.45) is 0 Å². The summed E-state index contributed by atoms with van der Waals surface area (Å²) in [6.07, 6.45) is 0. The van der Waals surface area contributed by atoms with Crippen molar-refractivity contribution in [2.45, 2.75) is 18.4 Å². The summed E-state index contributed by atoms with van der Waals surface area (Å²) in [5, 5.41) is 3.36. The molecule has 2 rings (SSSR count). The number of nitrogens with zero attached hydrogens (tertiary/aromatic N) is 1. The summed E-state index contributed by atoms with van der Waals surface area (Å²) < 4.78 is 0. The van der Waals surface area contributed by atoms with Crippen molar-refractivity contribution in [2.75, 3.05) is 26.2 Å². The first-order valence-corrected chi connectivity index (χ1v) is 5.92. The van der Waals surface area contributed by atoms with Crippen LogP contribution in [0, 0.1) is 6.92 Å². The molecule has 1 saturated heterocycles. The molecule has 1 heterocycles. The first-order valence-electron chi connectivity index (χ1n) is 5.47. The van der Waals surface area contributed by atoms with E-state index < -0.39 is 0 Å². The van der Waals surface area contributed by atoms with E-state index in [0.29, 0.717) is 0 Å². The average Bonchev–Trinajstić information content (AvgIpc) is 2.24. The van der Waals surface area contributed by atoms with Gasteiger partial charge in [-0.2, -0.15) is 0 Å². The van der Waals surface area contributed by atoms with Crippen LogP contribution in [0.5, 0.6) is 0 Å². The molecule has 1 aromatic carbocycles. The Bertz CT molecular complexity index is 332. The molecule has 2 nitrogen and oxygen atoms in total. The number of benzene rings is 1. The molecule has 82 valence electrons. The van der Waals surface area contributed by atoms with Crippen LogP contribution in [0.3, 0.4) is 0 Å². The first-order chi connectivity index (χ1) is 7.25. The predicted octanol–water partition coefficient (Wildman–Crippen LogP) is 1.69. The van der Waals surface area contributed by atoms with E-state index in [2.05, 4.69) is 48.0 Å². The Kier molecular flexibility index (Phi) is 3.67. The van der Waals surface area contributed by atoms with Crippen molar-refractivity contribution in [1.29, 1.82) is 0 Å². The van der Waals surface area contributed by atoms with Crippen molar-refractivity contribution in [1.82, 2.24) is 10.2 Å². The van der Waals surface area contributed by atoms with Crippen LogP contribution in [-0.2, 0) is 6.54 Å². The fraction of sp³-hybridized carbons (Fsp3) is 0.500. The van der Waals surface area contributed by atoms with Gasteiger partial charge >= 0.3 is 0 Å². The quantitative estimate of drug-likeness (QED) is 0.740. The number of hydrogen-bond donors (Lipinski definition) is 2. The van der Waals surface area contributed by atoms with Crippen LogP contribution in [0.2, 0.25) is 0 Å². The van der Waals surface area contributed by atoms with Crippen LogP contribution in [0.1, 0.15) is 11.1 Å². The summed E-state index contributed by atoms with van der Waals surface area (Å²) in [4.78, 5) is 3.59. The highest BCUT2D eigenvalue weighted by molar-refractivity contribution is 7.80. The third-order valence-electron chi connectivity index (χ3n) is 2.84. The summed E-state index contributed by atoms with van der Waals surface area (Å²) in [6.45, 7) is 7.62. The highest BCUT2D eigenvalue weighted by Gasteiger charge is 2.10. The minimum absolute atomic E-state index is 1.03. The summed E-state index contributed by atoms with van der Waals surface area (Å²) in [6, 6.07) is 6.50. The molecule has 1 aromatic rings. The molecule has 0 spiro atoms. The van der Waals surface area contributed by atoms with Gasteiger partial charge in [-0.3, -0.25) is 4.90 Å². The second-order valence-electron chi connectivity index (χ2n) is 4.16. The molecule has 1 aliphatic rings. The average molecular weight is 222 g/mol. The van der Waals surface area contributed by atoms with Gasteiger partial charge in [0.15, 0.2) is 0 Å². The highest BCUT2D eigenvalue weighted by atomic mass is 32.1. The molecule has 0 saturated carbocycles. The molecule has 0 aliphatic carbocycles. The second-order valence-corrected chi connectivity index (χ2v) is 4.64. The lowest BCUT2D eigenvalue weighted by atomic mass is 10.1. The molecule has 0 atom stereocenters. The summed E-state index contributed by atoms with van der Waals surface area (Å²) in [7, 11) is 0. The Morgan fingerprint density at radius 1 is 1.33 bits per heavy atom. The van der Waals surface area contributed by atoms with Gasteiger partial charge in [-0.25, -0.2) is 0 Å². The molecular formula is C12H18N2S. The lowest BCUT2D eigenvalue weighted by Crippen LogP contribution is -2.42. The normalized spacial score (nSPS) is 18.0. The van der Waals surface area contributed by atoms with E-state index in [-0.39, 0.29) is 0 Å². The summed E-state index contributed by atoms with van der Waals surface area (Å²) in [5.74, 6) is 0. The number of nitrogens with one attached hydrogen (secondary N) is 1. The molecule has 1 N–H and O–H groups in total. The van der Waals surface area contributed by atoms with Gasteiger partial charge in [0, 0.05) is 37.6 Å². The van der Waals surface area contributed by atoms with Crippen LogP contribution in [0.25, 0.3) is 0 Å².